The third kappa shape index (κ3) is 2.35. The zero-order chi connectivity index (χ0) is 21.1. The first-order valence-electron chi connectivity index (χ1n) is 10.5. The minimum Gasteiger partial charge on any atom is -0.493 e. The average molecular weight is 409 g/mol. The van der Waals surface area contributed by atoms with Crippen LogP contribution in [0.1, 0.15) is 30.9 Å². The fourth-order valence-electron chi connectivity index (χ4n) is 5.98. The average Bonchev–Trinajstić information content (AvgIpc) is 3.08. The summed E-state index contributed by atoms with van der Waals surface area (Å²) in [7, 11) is 3.69. The maximum absolute atomic E-state index is 12.4. The molecule has 1 N–H and O–H groups in total. The summed E-state index contributed by atoms with van der Waals surface area (Å²) in [6, 6.07) is 3.99. The molecule has 0 saturated carbocycles. The number of likely N-dealkylation sites (N-methyl/N-ethyl adjacent to an activating group) is 1. The number of rotatable bonds is 4. The quantitative estimate of drug-likeness (QED) is 0.469. The second-order valence-corrected chi connectivity index (χ2v) is 8.59. The number of likely N-dealkylation sites (tertiary alicyclic amines) is 1. The number of hydrogen-bond donors (Lipinski definition) is 1. The van der Waals surface area contributed by atoms with Crippen LogP contribution in [0.2, 0.25) is 0 Å². The number of allylic oxidation sites excluding steroid dienone is 3. The van der Waals surface area contributed by atoms with Gasteiger partial charge in [-0.15, -0.1) is 0 Å². The molecule has 0 amide bonds. The van der Waals surface area contributed by atoms with Gasteiger partial charge >= 0.3 is 5.97 Å². The van der Waals surface area contributed by atoms with E-state index in [-0.39, 0.29) is 6.04 Å². The van der Waals surface area contributed by atoms with Crippen molar-refractivity contribution < 1.29 is 24.1 Å². The Morgan fingerprint density at radius 1 is 1.37 bits per heavy atom. The maximum atomic E-state index is 12.4. The summed E-state index contributed by atoms with van der Waals surface area (Å²) < 4.78 is 17.8. The number of carbonyl (C=O) groups excluding carboxylic acids is 1. The molecule has 2 aliphatic heterocycles. The molecule has 1 aromatic carbocycles. The first-order chi connectivity index (χ1) is 14.5. The van der Waals surface area contributed by atoms with Crippen LogP contribution in [0.4, 0.5) is 0 Å². The number of hydrogen-bond acceptors (Lipinski definition) is 6. The molecule has 4 atom stereocenters. The first-order valence-corrected chi connectivity index (χ1v) is 10.5. The molecular formula is C24H27NO5. The summed E-state index contributed by atoms with van der Waals surface area (Å²) in [5.74, 6) is 1.35. The predicted octanol–water partition coefficient (Wildman–Crippen LogP) is 2.65. The summed E-state index contributed by atoms with van der Waals surface area (Å²) in [6.45, 7) is 2.72. The number of esters is 1. The topological polar surface area (TPSA) is 68.2 Å². The molecule has 2 aliphatic carbocycles. The van der Waals surface area contributed by atoms with Crippen molar-refractivity contribution in [3.05, 3.63) is 59.4 Å². The number of nitrogens with zero attached hydrogens (tertiary/aromatic N) is 1. The molecule has 2 heterocycles. The molecule has 30 heavy (non-hydrogen) atoms. The molecule has 1 saturated heterocycles. The largest absolute Gasteiger partial charge is 0.493 e. The van der Waals surface area contributed by atoms with Gasteiger partial charge in [0.15, 0.2) is 17.6 Å². The molecule has 0 aromatic heterocycles. The highest BCUT2D eigenvalue weighted by Gasteiger charge is 2.72. The smallest absolute Gasteiger partial charge is 0.335 e. The van der Waals surface area contributed by atoms with Crippen molar-refractivity contribution in [1.29, 1.82) is 0 Å². The van der Waals surface area contributed by atoms with Crippen LogP contribution in [-0.2, 0) is 21.4 Å². The van der Waals surface area contributed by atoms with Gasteiger partial charge in [0.2, 0.25) is 0 Å². The molecule has 6 nitrogen and oxygen atoms in total. The molecule has 6 heteroatoms. The van der Waals surface area contributed by atoms with Gasteiger partial charge in [-0.3, -0.25) is 0 Å². The van der Waals surface area contributed by atoms with E-state index in [9.17, 15) is 9.90 Å². The lowest BCUT2D eigenvalue weighted by molar-refractivity contribution is -0.168. The van der Waals surface area contributed by atoms with E-state index in [1.54, 1.807) is 19.3 Å². The van der Waals surface area contributed by atoms with Crippen LogP contribution >= 0.6 is 0 Å². The van der Waals surface area contributed by atoms with Crippen LogP contribution in [0, 0.1) is 0 Å². The van der Waals surface area contributed by atoms with Crippen molar-refractivity contribution in [2.45, 2.75) is 49.3 Å². The molecule has 1 fully saturated rings. The number of methoxy groups -OCH3 is 1. The zero-order valence-electron chi connectivity index (χ0n) is 17.6. The fraction of sp³-hybridized carbons (Fsp3) is 0.458. The van der Waals surface area contributed by atoms with Crippen molar-refractivity contribution in [1.82, 2.24) is 4.90 Å². The monoisotopic (exact) mass is 409 g/mol. The van der Waals surface area contributed by atoms with Crippen molar-refractivity contribution in [3.8, 4) is 11.5 Å². The van der Waals surface area contributed by atoms with E-state index in [1.807, 2.05) is 25.1 Å². The highest BCUT2D eigenvalue weighted by molar-refractivity contribution is 5.83. The summed E-state index contributed by atoms with van der Waals surface area (Å²) in [4.78, 5) is 14.6. The zero-order valence-corrected chi connectivity index (χ0v) is 17.6. The number of ether oxygens (including phenoxy) is 3. The Kier molecular flexibility index (Phi) is 4.35. The van der Waals surface area contributed by atoms with Crippen LogP contribution in [0.3, 0.4) is 0 Å². The van der Waals surface area contributed by atoms with E-state index in [4.69, 9.17) is 14.2 Å². The Labute approximate surface area is 176 Å². The summed E-state index contributed by atoms with van der Waals surface area (Å²) >= 11 is 0. The Morgan fingerprint density at radius 2 is 2.20 bits per heavy atom. The van der Waals surface area contributed by atoms with Gasteiger partial charge in [-0.2, -0.15) is 0 Å². The Hall–Kier alpha value is -2.57. The van der Waals surface area contributed by atoms with Gasteiger partial charge < -0.3 is 24.2 Å². The van der Waals surface area contributed by atoms with Gasteiger partial charge in [0.1, 0.15) is 5.76 Å². The molecule has 5 rings (SSSR count). The van der Waals surface area contributed by atoms with Gasteiger partial charge in [-0.25, -0.2) is 4.79 Å². The summed E-state index contributed by atoms with van der Waals surface area (Å²) in [6.07, 6.45) is 9.83. The molecule has 158 valence electrons. The Bertz CT molecular complexity index is 996. The van der Waals surface area contributed by atoms with E-state index in [2.05, 4.69) is 18.0 Å². The van der Waals surface area contributed by atoms with Gasteiger partial charge in [0.25, 0.3) is 0 Å². The number of piperidine rings is 1. The van der Waals surface area contributed by atoms with Gasteiger partial charge in [0, 0.05) is 24.1 Å². The fourth-order valence-corrected chi connectivity index (χ4v) is 5.98. The van der Waals surface area contributed by atoms with Crippen LogP contribution in [0.5, 0.6) is 11.5 Å². The molecule has 4 aliphatic rings. The molecule has 2 bridgehead atoms. The van der Waals surface area contributed by atoms with Crippen molar-refractivity contribution >= 4 is 5.97 Å². The molecule has 0 radical (unpaired) electrons. The van der Waals surface area contributed by atoms with Gasteiger partial charge in [0.05, 0.1) is 18.1 Å². The van der Waals surface area contributed by atoms with E-state index in [0.29, 0.717) is 23.7 Å². The van der Waals surface area contributed by atoms with Crippen LogP contribution in [-0.4, -0.2) is 54.4 Å². The lowest BCUT2D eigenvalue weighted by Gasteiger charge is -2.61. The molecular weight excluding hydrogens is 382 g/mol. The van der Waals surface area contributed by atoms with Crippen molar-refractivity contribution in [2.75, 3.05) is 20.7 Å². The number of carbonyl (C=O) groups is 1. The van der Waals surface area contributed by atoms with Gasteiger partial charge in [-0.05, 0) is 51.1 Å². The SMILES string of the molecule is CC=CC=CC(=O)OC1=CC[C@]2(O)C3Cc4ccc(OC)c5c4[C@@]2(CCN3C)[C@H]1O5. The molecule has 1 spiro atoms. The normalized spacial score (nSPS) is 33.9. The van der Waals surface area contributed by atoms with E-state index in [1.165, 1.54) is 11.6 Å². The molecule has 1 unspecified atom stereocenters. The van der Waals surface area contributed by atoms with Crippen molar-refractivity contribution in [3.63, 3.8) is 0 Å². The standard InChI is InChI=1S/C24H27NO5/c1-4-5-6-7-19(26)29-17-10-11-24(27)18-14-15-8-9-16(28-3)21-20(15)23(24,22(17)30-21)12-13-25(18)2/h4-10,18,22,27H,11-14H2,1-3H3/t18?,22-,23-,24-/m0/s1. The highest BCUT2D eigenvalue weighted by atomic mass is 16.6. The third-order valence-electron chi connectivity index (χ3n) is 7.31. The van der Waals surface area contributed by atoms with Gasteiger partial charge in [-0.1, -0.05) is 24.3 Å². The second kappa shape index (κ2) is 6.72. The lowest BCUT2D eigenvalue weighted by Crippen LogP contribution is -2.74. The van der Waals surface area contributed by atoms with Crippen molar-refractivity contribution in [2.24, 2.45) is 0 Å². The highest BCUT2D eigenvalue weighted by Crippen LogP contribution is 2.65. The second-order valence-electron chi connectivity index (χ2n) is 8.59. The number of benzene rings is 1. The molecule has 1 aromatic rings. The lowest BCUT2D eigenvalue weighted by atomic mass is 9.50. The van der Waals surface area contributed by atoms with E-state index < -0.39 is 23.1 Å². The minimum absolute atomic E-state index is 0.0210. The third-order valence-corrected chi connectivity index (χ3v) is 7.31. The van der Waals surface area contributed by atoms with Crippen LogP contribution in [0.15, 0.2) is 48.3 Å². The number of aliphatic hydroxyl groups is 1. The Morgan fingerprint density at radius 3 is 2.97 bits per heavy atom. The predicted molar refractivity (Wildman–Crippen MR) is 112 cm³/mol. The van der Waals surface area contributed by atoms with Crippen LogP contribution < -0.4 is 9.47 Å². The maximum Gasteiger partial charge on any atom is 0.335 e. The van der Waals surface area contributed by atoms with Crippen LogP contribution in [0.25, 0.3) is 0 Å². The minimum atomic E-state index is -0.994. The Balaban J connectivity index is 1.63. The first kappa shape index (κ1) is 19.4. The summed E-state index contributed by atoms with van der Waals surface area (Å²) in [5.41, 5.74) is 0.560. The summed E-state index contributed by atoms with van der Waals surface area (Å²) in [5, 5.41) is 12.1. The van der Waals surface area contributed by atoms with E-state index >= 15 is 0 Å². The van der Waals surface area contributed by atoms with E-state index in [0.717, 1.165) is 24.9 Å².